The van der Waals surface area contributed by atoms with Crippen LogP contribution >= 0.6 is 15.9 Å². The molecule has 0 radical (unpaired) electrons. The van der Waals surface area contributed by atoms with Crippen LogP contribution in [0.2, 0.25) is 0 Å². The fourth-order valence-electron chi connectivity index (χ4n) is 2.24. The summed E-state index contributed by atoms with van der Waals surface area (Å²) in [6, 6.07) is 12.2. The van der Waals surface area contributed by atoms with Crippen molar-refractivity contribution in [2.24, 2.45) is 0 Å². The third-order valence-corrected chi connectivity index (χ3v) is 3.66. The van der Waals surface area contributed by atoms with Gasteiger partial charge in [-0.2, -0.15) is 0 Å². The van der Waals surface area contributed by atoms with E-state index in [-0.39, 0.29) is 5.82 Å². The molecule has 0 saturated heterocycles. The van der Waals surface area contributed by atoms with E-state index in [2.05, 4.69) is 15.9 Å². The van der Waals surface area contributed by atoms with Gasteiger partial charge >= 0.3 is 0 Å². The van der Waals surface area contributed by atoms with Gasteiger partial charge in [0.2, 0.25) is 0 Å². The highest BCUT2D eigenvalue weighted by Gasteiger charge is 2.15. The molecule has 2 rings (SSSR count). The Hall–Kier alpha value is -1.39. The van der Waals surface area contributed by atoms with Crippen molar-refractivity contribution in [1.82, 2.24) is 0 Å². The maximum Gasteiger partial charge on any atom is 0.125 e. The molecule has 0 saturated carbocycles. The molecule has 0 amide bonds. The zero-order valence-electron chi connectivity index (χ0n) is 11.5. The number of hydrogen-bond donors (Lipinski definition) is 1. The highest BCUT2D eigenvalue weighted by Crippen LogP contribution is 2.34. The summed E-state index contributed by atoms with van der Waals surface area (Å²) in [4.78, 5) is 1.98. The van der Waals surface area contributed by atoms with E-state index in [0.717, 1.165) is 21.4 Å². The van der Waals surface area contributed by atoms with Gasteiger partial charge in [-0.25, -0.2) is 4.39 Å². The van der Waals surface area contributed by atoms with Crippen LogP contribution in [0.3, 0.4) is 0 Å². The van der Waals surface area contributed by atoms with Crippen molar-refractivity contribution in [2.45, 2.75) is 20.0 Å². The second kappa shape index (κ2) is 6.37. The molecule has 0 aromatic heterocycles. The normalized spacial score (nSPS) is 12.2. The number of rotatable bonds is 4. The van der Waals surface area contributed by atoms with Crippen molar-refractivity contribution in [3.05, 3.63) is 58.3 Å². The number of halogens is 2. The largest absolute Gasteiger partial charge is 0.389 e. The van der Waals surface area contributed by atoms with E-state index >= 15 is 0 Å². The van der Waals surface area contributed by atoms with E-state index in [1.165, 1.54) is 12.1 Å². The van der Waals surface area contributed by atoms with Crippen molar-refractivity contribution in [1.29, 1.82) is 0 Å². The van der Waals surface area contributed by atoms with Gasteiger partial charge in [-0.05, 0) is 50.2 Å². The Morgan fingerprint density at radius 2 is 2.00 bits per heavy atom. The first-order valence-corrected chi connectivity index (χ1v) is 7.33. The lowest BCUT2D eigenvalue weighted by molar-refractivity contribution is 0.199. The van der Waals surface area contributed by atoms with Gasteiger partial charge in [0.05, 0.1) is 6.10 Å². The van der Waals surface area contributed by atoms with Gasteiger partial charge in [0.15, 0.2) is 0 Å². The van der Waals surface area contributed by atoms with E-state index in [1.807, 2.05) is 36.1 Å². The summed E-state index contributed by atoms with van der Waals surface area (Å²) >= 11 is 3.41. The van der Waals surface area contributed by atoms with Crippen LogP contribution in [0.5, 0.6) is 0 Å². The second-order valence-corrected chi connectivity index (χ2v) is 5.52. The predicted octanol–water partition coefficient (Wildman–Crippen LogP) is 4.80. The van der Waals surface area contributed by atoms with Crippen molar-refractivity contribution >= 4 is 27.3 Å². The molecule has 0 heterocycles. The Kier molecular flexibility index (Phi) is 4.78. The molecule has 0 fully saturated rings. The van der Waals surface area contributed by atoms with Crippen LogP contribution < -0.4 is 4.90 Å². The Labute approximate surface area is 127 Å². The van der Waals surface area contributed by atoms with Gasteiger partial charge in [-0.15, -0.1) is 0 Å². The monoisotopic (exact) mass is 337 g/mol. The smallest absolute Gasteiger partial charge is 0.125 e. The van der Waals surface area contributed by atoms with Gasteiger partial charge in [-0.1, -0.05) is 22.0 Å². The zero-order valence-corrected chi connectivity index (χ0v) is 13.1. The average molecular weight is 338 g/mol. The molecule has 0 aliphatic rings. The average Bonchev–Trinajstić information content (AvgIpc) is 2.41. The lowest BCUT2D eigenvalue weighted by Crippen LogP contribution is -2.18. The molecule has 1 N–H and O–H groups in total. The third kappa shape index (κ3) is 3.19. The quantitative estimate of drug-likeness (QED) is 0.866. The van der Waals surface area contributed by atoms with Crippen molar-refractivity contribution in [3.8, 4) is 0 Å². The number of nitrogens with zero attached hydrogens (tertiary/aromatic N) is 1. The summed E-state index contributed by atoms with van der Waals surface area (Å²) in [5, 5.41) is 9.95. The van der Waals surface area contributed by atoms with Crippen LogP contribution in [0.25, 0.3) is 0 Å². The Bertz CT molecular complexity index is 601. The molecular weight excluding hydrogens is 321 g/mol. The maximum absolute atomic E-state index is 13.4. The summed E-state index contributed by atoms with van der Waals surface area (Å²) in [5.74, 6) is -0.267. The van der Waals surface area contributed by atoms with E-state index in [9.17, 15) is 9.50 Å². The minimum atomic E-state index is -0.592. The first kappa shape index (κ1) is 15.0. The fourth-order valence-corrected chi connectivity index (χ4v) is 2.62. The molecule has 2 aromatic carbocycles. The van der Waals surface area contributed by atoms with Crippen molar-refractivity contribution in [2.75, 3.05) is 11.4 Å². The molecule has 0 bridgehead atoms. The standard InChI is InChI=1S/C16H17BrFNO/c1-3-19(14-6-4-5-13(18)10-14)16-8-7-12(17)9-15(16)11(2)20/h4-11,20H,3H2,1-2H3. The highest BCUT2D eigenvalue weighted by molar-refractivity contribution is 9.10. The van der Waals surface area contributed by atoms with E-state index in [1.54, 1.807) is 13.0 Å². The first-order valence-electron chi connectivity index (χ1n) is 6.53. The summed E-state index contributed by atoms with van der Waals surface area (Å²) in [7, 11) is 0. The molecule has 0 aliphatic carbocycles. The second-order valence-electron chi connectivity index (χ2n) is 4.60. The number of hydrogen-bond acceptors (Lipinski definition) is 2. The summed E-state index contributed by atoms with van der Waals surface area (Å²) in [6.45, 7) is 4.41. The van der Waals surface area contributed by atoms with Crippen LogP contribution in [0.4, 0.5) is 15.8 Å². The molecule has 2 nitrogen and oxygen atoms in total. The molecule has 2 aromatic rings. The lowest BCUT2D eigenvalue weighted by Gasteiger charge is -2.27. The highest BCUT2D eigenvalue weighted by atomic mass is 79.9. The van der Waals surface area contributed by atoms with E-state index in [0.29, 0.717) is 6.54 Å². The van der Waals surface area contributed by atoms with E-state index in [4.69, 9.17) is 0 Å². The molecule has 1 atom stereocenters. The molecule has 4 heteroatoms. The number of anilines is 2. The SMILES string of the molecule is CCN(c1cccc(F)c1)c1ccc(Br)cc1C(C)O. The van der Waals surface area contributed by atoms with Crippen LogP contribution in [0, 0.1) is 5.82 Å². The van der Waals surface area contributed by atoms with Crippen molar-refractivity contribution in [3.63, 3.8) is 0 Å². The van der Waals surface area contributed by atoms with Gasteiger partial charge < -0.3 is 10.0 Å². The zero-order chi connectivity index (χ0) is 14.7. The number of aliphatic hydroxyl groups excluding tert-OH is 1. The van der Waals surface area contributed by atoms with Gasteiger partial charge in [0.1, 0.15) is 5.82 Å². The summed E-state index contributed by atoms with van der Waals surface area (Å²) in [5.41, 5.74) is 2.47. The molecule has 1 unspecified atom stereocenters. The minimum Gasteiger partial charge on any atom is -0.389 e. The predicted molar refractivity (Wildman–Crippen MR) is 83.9 cm³/mol. The molecule has 106 valence electrons. The van der Waals surface area contributed by atoms with Crippen LogP contribution in [-0.4, -0.2) is 11.7 Å². The molecular formula is C16H17BrFNO. The Morgan fingerprint density at radius 1 is 1.25 bits per heavy atom. The first-order chi connectivity index (χ1) is 9.52. The van der Waals surface area contributed by atoms with Crippen LogP contribution in [0.15, 0.2) is 46.9 Å². The lowest BCUT2D eigenvalue weighted by atomic mass is 10.1. The van der Waals surface area contributed by atoms with Crippen LogP contribution in [-0.2, 0) is 0 Å². The fraction of sp³-hybridized carbons (Fsp3) is 0.250. The molecule has 20 heavy (non-hydrogen) atoms. The van der Waals surface area contributed by atoms with E-state index < -0.39 is 6.10 Å². The number of aliphatic hydroxyl groups is 1. The molecule has 0 aliphatic heterocycles. The van der Waals surface area contributed by atoms with Gasteiger partial charge in [0, 0.05) is 28.0 Å². The summed E-state index contributed by atoms with van der Waals surface area (Å²) < 4.78 is 14.3. The van der Waals surface area contributed by atoms with Gasteiger partial charge in [-0.3, -0.25) is 0 Å². The molecule has 0 spiro atoms. The Balaban J connectivity index is 2.52. The van der Waals surface area contributed by atoms with Crippen molar-refractivity contribution < 1.29 is 9.50 Å². The summed E-state index contributed by atoms with van der Waals surface area (Å²) in [6.07, 6.45) is -0.592. The maximum atomic E-state index is 13.4. The van der Waals surface area contributed by atoms with Gasteiger partial charge in [0.25, 0.3) is 0 Å². The number of benzene rings is 2. The minimum absolute atomic E-state index is 0.267. The Morgan fingerprint density at radius 3 is 2.60 bits per heavy atom. The topological polar surface area (TPSA) is 23.5 Å². The third-order valence-electron chi connectivity index (χ3n) is 3.17. The van der Waals surface area contributed by atoms with Crippen LogP contribution in [0.1, 0.15) is 25.5 Å².